The van der Waals surface area contributed by atoms with E-state index in [-0.39, 0.29) is 0 Å². The molecule has 3 rings (SSSR count). The van der Waals surface area contributed by atoms with Crippen LogP contribution in [0.25, 0.3) is 10.8 Å². The normalized spacial score (nSPS) is 12.5. The van der Waals surface area contributed by atoms with Crippen LogP contribution in [-0.4, -0.2) is 10.1 Å². The zero-order chi connectivity index (χ0) is 13.2. The minimum Gasteiger partial charge on any atom is -0.384 e. The third-order valence-electron chi connectivity index (χ3n) is 3.17. The summed E-state index contributed by atoms with van der Waals surface area (Å²) in [6.45, 7) is 0. The van der Waals surface area contributed by atoms with Crippen molar-refractivity contribution in [3.8, 4) is 0 Å². The molecule has 0 saturated heterocycles. The Morgan fingerprint density at radius 1 is 0.947 bits per heavy atom. The largest absolute Gasteiger partial charge is 0.384 e. The molecule has 0 amide bonds. The summed E-state index contributed by atoms with van der Waals surface area (Å²) < 4.78 is 0. The second kappa shape index (κ2) is 5.00. The Labute approximate surface area is 116 Å². The minimum absolute atomic E-state index is 0.623. The van der Waals surface area contributed by atoms with Gasteiger partial charge < -0.3 is 5.11 Å². The summed E-state index contributed by atoms with van der Waals surface area (Å²) in [6, 6.07) is 15.3. The average Bonchev–Trinajstić information content (AvgIpc) is 2.47. The van der Waals surface area contributed by atoms with Crippen molar-refractivity contribution >= 4 is 22.4 Å². The van der Waals surface area contributed by atoms with Gasteiger partial charge in [0.25, 0.3) is 0 Å². The fourth-order valence-electron chi connectivity index (χ4n) is 2.16. The predicted molar refractivity (Wildman–Crippen MR) is 77.3 cm³/mol. The van der Waals surface area contributed by atoms with Gasteiger partial charge in [0.2, 0.25) is 0 Å². The van der Waals surface area contributed by atoms with E-state index < -0.39 is 6.10 Å². The lowest BCUT2D eigenvalue weighted by atomic mass is 9.99. The zero-order valence-electron chi connectivity index (χ0n) is 10.1. The molecule has 2 nitrogen and oxygen atoms in total. The molecule has 1 atom stereocenters. The van der Waals surface area contributed by atoms with Gasteiger partial charge >= 0.3 is 0 Å². The van der Waals surface area contributed by atoms with Crippen molar-refractivity contribution in [3.63, 3.8) is 0 Å². The topological polar surface area (TPSA) is 33.1 Å². The highest BCUT2D eigenvalue weighted by molar-refractivity contribution is 6.35. The van der Waals surface area contributed by atoms with Gasteiger partial charge in [-0.2, -0.15) is 0 Å². The van der Waals surface area contributed by atoms with Crippen LogP contribution in [0.2, 0.25) is 5.02 Å². The maximum atomic E-state index is 10.4. The van der Waals surface area contributed by atoms with Gasteiger partial charge in [0.15, 0.2) is 0 Å². The summed E-state index contributed by atoms with van der Waals surface area (Å²) in [7, 11) is 0. The molecule has 0 spiro atoms. The van der Waals surface area contributed by atoms with Crippen molar-refractivity contribution in [1.82, 2.24) is 4.98 Å². The van der Waals surface area contributed by atoms with E-state index in [2.05, 4.69) is 4.98 Å². The van der Waals surface area contributed by atoms with Crippen LogP contribution in [0.5, 0.6) is 0 Å². The number of hydrogen-bond donors (Lipinski definition) is 1. The molecule has 0 aliphatic heterocycles. The number of hydrogen-bond acceptors (Lipinski definition) is 2. The molecule has 0 bridgehead atoms. The molecule has 19 heavy (non-hydrogen) atoms. The monoisotopic (exact) mass is 269 g/mol. The Bertz CT molecular complexity index is 712. The van der Waals surface area contributed by atoms with E-state index in [1.165, 1.54) is 0 Å². The highest BCUT2D eigenvalue weighted by Gasteiger charge is 2.11. The van der Waals surface area contributed by atoms with Gasteiger partial charge in [-0.3, -0.25) is 4.98 Å². The van der Waals surface area contributed by atoms with Gasteiger partial charge in [-0.25, -0.2) is 0 Å². The van der Waals surface area contributed by atoms with Gasteiger partial charge in [0.1, 0.15) is 6.10 Å². The number of aromatic nitrogens is 1. The number of pyridine rings is 1. The average molecular weight is 270 g/mol. The van der Waals surface area contributed by atoms with Crippen LogP contribution in [-0.2, 0) is 0 Å². The van der Waals surface area contributed by atoms with E-state index in [0.29, 0.717) is 5.02 Å². The van der Waals surface area contributed by atoms with Crippen molar-refractivity contribution in [3.05, 3.63) is 77.1 Å². The van der Waals surface area contributed by atoms with Crippen molar-refractivity contribution in [1.29, 1.82) is 0 Å². The Morgan fingerprint density at radius 3 is 2.53 bits per heavy atom. The van der Waals surface area contributed by atoms with Gasteiger partial charge in [-0.05, 0) is 17.2 Å². The van der Waals surface area contributed by atoms with E-state index in [0.717, 1.165) is 21.9 Å². The van der Waals surface area contributed by atoms with E-state index in [4.69, 9.17) is 11.6 Å². The molecule has 0 radical (unpaired) electrons. The Hall–Kier alpha value is -1.90. The molecule has 1 aromatic heterocycles. The number of aliphatic hydroxyl groups is 1. The molecule has 1 N–H and O–H groups in total. The molecule has 2 aromatic carbocycles. The first-order valence-corrected chi connectivity index (χ1v) is 6.39. The van der Waals surface area contributed by atoms with Crippen LogP contribution in [0.15, 0.2) is 60.9 Å². The predicted octanol–water partition coefficient (Wildman–Crippen LogP) is 3.97. The second-order valence-corrected chi connectivity index (χ2v) is 4.82. The van der Waals surface area contributed by atoms with Crippen LogP contribution in [0.4, 0.5) is 0 Å². The first-order valence-electron chi connectivity index (χ1n) is 6.02. The molecule has 0 saturated carbocycles. The minimum atomic E-state index is -0.635. The molecule has 3 heteroatoms. The van der Waals surface area contributed by atoms with Crippen molar-refractivity contribution in [2.45, 2.75) is 6.10 Å². The van der Waals surface area contributed by atoms with Gasteiger partial charge in [0.05, 0.1) is 5.02 Å². The standard InChI is InChI=1S/C16H12ClNO/c17-15-10-18-9-13-8-12(6-7-14(13)15)16(19)11-4-2-1-3-5-11/h1-10,16,19H. The summed E-state index contributed by atoms with van der Waals surface area (Å²) >= 11 is 6.08. The molecule has 1 heterocycles. The van der Waals surface area contributed by atoms with E-state index >= 15 is 0 Å². The molecule has 3 aromatic rings. The maximum absolute atomic E-state index is 10.4. The van der Waals surface area contributed by atoms with Crippen LogP contribution in [0.1, 0.15) is 17.2 Å². The van der Waals surface area contributed by atoms with E-state index in [1.54, 1.807) is 12.4 Å². The van der Waals surface area contributed by atoms with Gasteiger partial charge in [-0.15, -0.1) is 0 Å². The number of fused-ring (bicyclic) bond motifs is 1. The molecule has 1 unspecified atom stereocenters. The number of nitrogens with zero attached hydrogens (tertiary/aromatic N) is 1. The first-order chi connectivity index (χ1) is 9.25. The van der Waals surface area contributed by atoms with Crippen LogP contribution < -0.4 is 0 Å². The Morgan fingerprint density at radius 2 is 1.74 bits per heavy atom. The summed E-state index contributed by atoms with van der Waals surface area (Å²) in [5.41, 5.74) is 1.71. The highest BCUT2D eigenvalue weighted by Crippen LogP contribution is 2.27. The lowest BCUT2D eigenvalue weighted by Crippen LogP contribution is -1.99. The van der Waals surface area contributed by atoms with Crippen molar-refractivity contribution in [2.24, 2.45) is 0 Å². The van der Waals surface area contributed by atoms with E-state index in [9.17, 15) is 5.11 Å². The fraction of sp³-hybridized carbons (Fsp3) is 0.0625. The van der Waals surface area contributed by atoms with Crippen LogP contribution in [0.3, 0.4) is 0 Å². The number of aliphatic hydroxyl groups excluding tert-OH is 1. The van der Waals surface area contributed by atoms with Crippen LogP contribution >= 0.6 is 11.6 Å². The molecular formula is C16H12ClNO. The quantitative estimate of drug-likeness (QED) is 0.764. The summed E-state index contributed by atoms with van der Waals surface area (Å²) in [5, 5.41) is 12.9. The molecule has 0 fully saturated rings. The second-order valence-electron chi connectivity index (χ2n) is 4.42. The van der Waals surface area contributed by atoms with Gasteiger partial charge in [-0.1, -0.05) is 54.1 Å². The van der Waals surface area contributed by atoms with Crippen molar-refractivity contribution < 1.29 is 5.11 Å². The molecule has 0 aliphatic rings. The zero-order valence-corrected chi connectivity index (χ0v) is 10.9. The smallest absolute Gasteiger partial charge is 0.104 e. The SMILES string of the molecule is OC(c1ccccc1)c1ccc2c(Cl)cncc2c1. The van der Waals surface area contributed by atoms with Crippen LogP contribution in [0, 0.1) is 0 Å². The maximum Gasteiger partial charge on any atom is 0.104 e. The molecule has 94 valence electrons. The summed E-state index contributed by atoms with van der Waals surface area (Å²) in [5.74, 6) is 0. The summed E-state index contributed by atoms with van der Waals surface area (Å²) in [4.78, 5) is 4.07. The third-order valence-corrected chi connectivity index (χ3v) is 3.47. The number of rotatable bonds is 2. The Kier molecular flexibility index (Phi) is 3.20. The summed E-state index contributed by atoms with van der Waals surface area (Å²) in [6.07, 6.45) is 2.74. The lowest BCUT2D eigenvalue weighted by molar-refractivity contribution is 0.220. The molecular weight excluding hydrogens is 258 g/mol. The van der Waals surface area contributed by atoms with Crippen molar-refractivity contribution in [2.75, 3.05) is 0 Å². The lowest BCUT2D eigenvalue weighted by Gasteiger charge is -2.12. The third kappa shape index (κ3) is 2.33. The van der Waals surface area contributed by atoms with E-state index in [1.807, 2.05) is 48.5 Å². The number of benzene rings is 2. The Balaban J connectivity index is 2.07. The molecule has 0 aliphatic carbocycles. The highest BCUT2D eigenvalue weighted by atomic mass is 35.5. The first kappa shape index (κ1) is 12.2. The number of halogens is 1. The fourth-order valence-corrected chi connectivity index (χ4v) is 2.38. The van der Waals surface area contributed by atoms with Gasteiger partial charge in [0, 0.05) is 23.2 Å².